The zero-order chi connectivity index (χ0) is 21.8. The van der Waals surface area contributed by atoms with E-state index in [9.17, 15) is 13.2 Å². The molecule has 2 aromatic rings. The second-order valence-electron chi connectivity index (χ2n) is 7.37. The molecule has 2 rings (SSSR count). The molecule has 2 aromatic carbocycles. The van der Waals surface area contributed by atoms with Crippen LogP contribution in [0.3, 0.4) is 0 Å². The fraction of sp³-hybridized carbons (Fsp3) is 0.409. The van der Waals surface area contributed by atoms with E-state index >= 15 is 0 Å². The molecule has 0 saturated carbocycles. The van der Waals surface area contributed by atoms with Crippen LogP contribution in [0.1, 0.15) is 30.0 Å². The lowest BCUT2D eigenvalue weighted by molar-refractivity contribution is -0.131. The van der Waals surface area contributed by atoms with Gasteiger partial charge in [-0.1, -0.05) is 25.1 Å². The molecule has 29 heavy (non-hydrogen) atoms. The summed E-state index contributed by atoms with van der Waals surface area (Å²) in [6.45, 7) is 6.03. The SMILES string of the molecule is CC[C@H](C(=O)N(C)Cc1ccc(OC)cc1)N(c1cc(C)cc(C)c1)S(C)(=O)=O. The largest absolute Gasteiger partial charge is 0.497 e. The van der Waals surface area contributed by atoms with Crippen molar-refractivity contribution in [3.63, 3.8) is 0 Å². The second-order valence-corrected chi connectivity index (χ2v) is 9.23. The van der Waals surface area contributed by atoms with E-state index in [1.54, 1.807) is 31.2 Å². The highest BCUT2D eigenvalue weighted by Crippen LogP contribution is 2.26. The van der Waals surface area contributed by atoms with Crippen molar-refractivity contribution >= 4 is 21.6 Å². The van der Waals surface area contributed by atoms with E-state index in [2.05, 4.69) is 0 Å². The molecule has 158 valence electrons. The number of benzene rings is 2. The molecule has 0 N–H and O–H groups in total. The Hall–Kier alpha value is -2.54. The number of nitrogens with zero attached hydrogens (tertiary/aromatic N) is 2. The predicted molar refractivity (Wildman–Crippen MR) is 117 cm³/mol. The normalized spacial score (nSPS) is 12.3. The van der Waals surface area contributed by atoms with Gasteiger partial charge >= 0.3 is 0 Å². The van der Waals surface area contributed by atoms with Gasteiger partial charge < -0.3 is 9.64 Å². The molecular formula is C22H30N2O4S. The molecule has 0 radical (unpaired) electrons. The van der Waals surface area contributed by atoms with Crippen LogP contribution in [-0.2, 0) is 21.4 Å². The van der Waals surface area contributed by atoms with Gasteiger partial charge in [0.2, 0.25) is 15.9 Å². The van der Waals surface area contributed by atoms with Crippen LogP contribution in [0.5, 0.6) is 5.75 Å². The Balaban J connectivity index is 2.34. The molecule has 0 bridgehead atoms. The molecule has 0 aliphatic carbocycles. The van der Waals surface area contributed by atoms with Crippen molar-refractivity contribution in [1.29, 1.82) is 0 Å². The number of sulfonamides is 1. The molecule has 0 heterocycles. The lowest BCUT2D eigenvalue weighted by Crippen LogP contribution is -2.49. The fourth-order valence-corrected chi connectivity index (χ4v) is 4.65. The van der Waals surface area contributed by atoms with E-state index < -0.39 is 16.1 Å². The number of ether oxygens (including phenoxy) is 1. The van der Waals surface area contributed by atoms with E-state index in [0.717, 1.165) is 28.7 Å². The first-order valence-electron chi connectivity index (χ1n) is 9.52. The molecule has 6 nitrogen and oxygen atoms in total. The highest BCUT2D eigenvalue weighted by molar-refractivity contribution is 7.92. The standard InChI is InChI=1S/C22H30N2O4S/c1-7-21(22(25)23(4)15-18-8-10-20(28-5)11-9-18)24(29(6,26)27)19-13-16(2)12-17(3)14-19/h8-14,21H,7,15H2,1-6H3/t21-/m1/s1. The van der Waals surface area contributed by atoms with Gasteiger partial charge in [0.25, 0.3) is 0 Å². The van der Waals surface area contributed by atoms with Gasteiger partial charge in [0.1, 0.15) is 11.8 Å². The molecular weight excluding hydrogens is 388 g/mol. The number of anilines is 1. The second kappa shape index (κ2) is 9.31. The van der Waals surface area contributed by atoms with Gasteiger partial charge in [-0.2, -0.15) is 0 Å². The molecule has 0 unspecified atom stereocenters. The van der Waals surface area contributed by atoms with E-state index in [1.165, 1.54) is 4.31 Å². The summed E-state index contributed by atoms with van der Waals surface area (Å²) in [5.41, 5.74) is 3.35. The zero-order valence-electron chi connectivity index (χ0n) is 18.0. The van der Waals surface area contributed by atoms with Crippen molar-refractivity contribution in [2.45, 2.75) is 39.8 Å². The van der Waals surface area contributed by atoms with Crippen molar-refractivity contribution in [3.05, 3.63) is 59.2 Å². The Kier molecular flexibility index (Phi) is 7.30. The lowest BCUT2D eigenvalue weighted by atomic mass is 10.1. The maximum atomic E-state index is 13.2. The molecule has 0 aromatic heterocycles. The third kappa shape index (κ3) is 5.73. The van der Waals surface area contributed by atoms with Gasteiger partial charge in [-0.15, -0.1) is 0 Å². The van der Waals surface area contributed by atoms with E-state index in [4.69, 9.17) is 4.74 Å². The number of hydrogen-bond acceptors (Lipinski definition) is 4. The van der Waals surface area contributed by atoms with Crippen molar-refractivity contribution in [1.82, 2.24) is 4.90 Å². The predicted octanol–water partition coefficient (Wildman–Crippen LogP) is 3.52. The highest BCUT2D eigenvalue weighted by atomic mass is 32.2. The topological polar surface area (TPSA) is 66.9 Å². The number of hydrogen-bond donors (Lipinski definition) is 0. The minimum Gasteiger partial charge on any atom is -0.497 e. The average molecular weight is 419 g/mol. The first kappa shape index (κ1) is 22.7. The third-order valence-corrected chi connectivity index (χ3v) is 5.91. The van der Waals surface area contributed by atoms with Gasteiger partial charge in [0.05, 0.1) is 19.1 Å². The Morgan fingerprint density at radius 1 is 1.07 bits per heavy atom. The number of rotatable bonds is 8. The van der Waals surface area contributed by atoms with Crippen molar-refractivity contribution in [2.24, 2.45) is 0 Å². The van der Waals surface area contributed by atoms with Crippen LogP contribution in [0.15, 0.2) is 42.5 Å². The summed E-state index contributed by atoms with van der Waals surface area (Å²) in [7, 11) is -0.362. The van der Waals surface area contributed by atoms with Gasteiger partial charge in [-0.3, -0.25) is 9.10 Å². The summed E-state index contributed by atoms with van der Waals surface area (Å²) in [5, 5.41) is 0. The van der Waals surface area contributed by atoms with Gasteiger partial charge in [-0.05, 0) is 61.2 Å². The Labute approximate surface area is 174 Å². The van der Waals surface area contributed by atoms with Crippen LogP contribution in [0.2, 0.25) is 0 Å². The Bertz CT molecular complexity index is 935. The van der Waals surface area contributed by atoms with Crippen molar-refractivity contribution < 1.29 is 17.9 Å². The van der Waals surface area contributed by atoms with Crippen LogP contribution in [-0.4, -0.2) is 45.7 Å². The van der Waals surface area contributed by atoms with E-state index in [1.807, 2.05) is 51.1 Å². The molecule has 0 fully saturated rings. The maximum Gasteiger partial charge on any atom is 0.246 e. The molecule has 0 saturated heterocycles. The molecule has 0 aliphatic rings. The molecule has 0 aliphatic heterocycles. The first-order chi connectivity index (χ1) is 13.6. The number of carbonyl (C=O) groups is 1. The monoisotopic (exact) mass is 418 g/mol. The third-order valence-electron chi connectivity index (χ3n) is 4.73. The number of likely N-dealkylation sites (N-methyl/N-ethyl adjacent to an activating group) is 1. The smallest absolute Gasteiger partial charge is 0.246 e. The quantitative estimate of drug-likeness (QED) is 0.658. The van der Waals surface area contributed by atoms with Crippen molar-refractivity contribution in [3.8, 4) is 5.75 Å². The molecule has 0 spiro atoms. The van der Waals surface area contributed by atoms with Crippen molar-refractivity contribution in [2.75, 3.05) is 24.7 Å². The fourth-order valence-electron chi connectivity index (χ4n) is 3.46. The minimum atomic E-state index is -3.65. The van der Waals surface area contributed by atoms with Crippen LogP contribution in [0.4, 0.5) is 5.69 Å². The van der Waals surface area contributed by atoms with Crippen LogP contribution in [0, 0.1) is 13.8 Å². The van der Waals surface area contributed by atoms with Gasteiger partial charge in [-0.25, -0.2) is 8.42 Å². The number of methoxy groups -OCH3 is 1. The van der Waals surface area contributed by atoms with Gasteiger partial charge in [0.15, 0.2) is 0 Å². The minimum absolute atomic E-state index is 0.243. The summed E-state index contributed by atoms with van der Waals surface area (Å²) >= 11 is 0. The maximum absolute atomic E-state index is 13.2. The highest BCUT2D eigenvalue weighted by Gasteiger charge is 2.33. The zero-order valence-corrected chi connectivity index (χ0v) is 18.8. The molecule has 7 heteroatoms. The summed E-state index contributed by atoms with van der Waals surface area (Å²) in [5.74, 6) is 0.500. The summed E-state index contributed by atoms with van der Waals surface area (Å²) in [6.07, 6.45) is 1.51. The van der Waals surface area contributed by atoms with Gasteiger partial charge in [0, 0.05) is 13.6 Å². The summed E-state index contributed by atoms with van der Waals surface area (Å²) in [6, 6.07) is 12.2. The molecule has 1 amide bonds. The Morgan fingerprint density at radius 3 is 2.07 bits per heavy atom. The number of amides is 1. The van der Waals surface area contributed by atoms with E-state index in [0.29, 0.717) is 18.7 Å². The lowest BCUT2D eigenvalue weighted by Gasteiger charge is -2.33. The van der Waals surface area contributed by atoms with E-state index in [-0.39, 0.29) is 5.91 Å². The Morgan fingerprint density at radius 2 is 1.62 bits per heavy atom. The number of aryl methyl sites for hydroxylation is 2. The van der Waals surface area contributed by atoms with Crippen LogP contribution < -0.4 is 9.04 Å². The first-order valence-corrected chi connectivity index (χ1v) is 11.4. The summed E-state index contributed by atoms with van der Waals surface area (Å²) < 4.78 is 31.7. The molecule has 1 atom stereocenters. The van der Waals surface area contributed by atoms with Crippen LogP contribution in [0.25, 0.3) is 0 Å². The number of carbonyl (C=O) groups excluding carboxylic acids is 1. The average Bonchev–Trinajstić information content (AvgIpc) is 2.64. The van der Waals surface area contributed by atoms with Crippen LogP contribution >= 0.6 is 0 Å². The summed E-state index contributed by atoms with van der Waals surface area (Å²) in [4.78, 5) is 14.8.